The van der Waals surface area contributed by atoms with E-state index in [-0.39, 0.29) is 5.91 Å². The van der Waals surface area contributed by atoms with Crippen molar-refractivity contribution in [1.82, 2.24) is 19.6 Å². The van der Waals surface area contributed by atoms with Crippen LogP contribution in [0.5, 0.6) is 0 Å². The quantitative estimate of drug-likeness (QED) is 0.469. The van der Waals surface area contributed by atoms with Gasteiger partial charge in [0, 0.05) is 27.4 Å². The Bertz CT molecular complexity index is 1140. The Kier molecular flexibility index (Phi) is 5.57. The number of benzene rings is 2. The zero-order valence-corrected chi connectivity index (χ0v) is 17.1. The summed E-state index contributed by atoms with van der Waals surface area (Å²) in [4.78, 5) is 22.2. The number of anilines is 1. The van der Waals surface area contributed by atoms with Gasteiger partial charge in [0.05, 0.1) is 0 Å². The molecule has 7 heteroatoms. The first-order valence-electron chi connectivity index (χ1n) is 9.49. The number of carbonyl (C=O) groups excluding carboxylic acids is 1. The highest BCUT2D eigenvalue weighted by Gasteiger charge is 2.15. The van der Waals surface area contributed by atoms with E-state index in [0.717, 1.165) is 34.1 Å². The molecule has 0 saturated heterocycles. The number of nitrogens with zero attached hydrogens (tertiary/aromatic N) is 4. The second-order valence-corrected chi connectivity index (χ2v) is 7.71. The lowest BCUT2D eigenvalue weighted by molar-refractivity contribution is 0.102. The van der Waals surface area contributed by atoms with Gasteiger partial charge < -0.3 is 5.32 Å². The zero-order chi connectivity index (χ0) is 20.2. The van der Waals surface area contributed by atoms with Gasteiger partial charge >= 0.3 is 0 Å². The van der Waals surface area contributed by atoms with Crippen molar-refractivity contribution in [3.8, 4) is 0 Å². The van der Waals surface area contributed by atoms with Crippen LogP contribution in [0.4, 0.5) is 5.69 Å². The summed E-state index contributed by atoms with van der Waals surface area (Å²) in [6.07, 6.45) is 3.49. The van der Waals surface area contributed by atoms with E-state index in [1.807, 2.05) is 49.4 Å². The van der Waals surface area contributed by atoms with Crippen LogP contribution in [0.25, 0.3) is 5.78 Å². The van der Waals surface area contributed by atoms with Crippen LogP contribution >= 0.6 is 11.8 Å². The van der Waals surface area contributed by atoms with Gasteiger partial charge in [-0.3, -0.25) is 4.79 Å². The minimum Gasteiger partial charge on any atom is -0.322 e. The highest BCUT2D eigenvalue weighted by molar-refractivity contribution is 7.99. The number of hydrogen-bond donors (Lipinski definition) is 1. The number of fused-ring (bicyclic) bond motifs is 1. The van der Waals surface area contributed by atoms with Crippen LogP contribution in [0.15, 0.2) is 70.8 Å². The molecule has 2 heterocycles. The smallest absolute Gasteiger partial charge is 0.255 e. The predicted octanol–water partition coefficient (Wildman–Crippen LogP) is 4.79. The van der Waals surface area contributed by atoms with Gasteiger partial charge in [-0.05, 0) is 49.7 Å². The van der Waals surface area contributed by atoms with Crippen LogP contribution in [-0.4, -0.2) is 25.5 Å². The number of rotatable bonds is 6. The molecule has 29 heavy (non-hydrogen) atoms. The molecule has 2 aromatic carbocycles. The van der Waals surface area contributed by atoms with Gasteiger partial charge in [-0.1, -0.05) is 43.3 Å². The third-order valence-electron chi connectivity index (χ3n) is 4.55. The monoisotopic (exact) mass is 403 g/mol. The predicted molar refractivity (Wildman–Crippen MR) is 114 cm³/mol. The number of nitrogens with one attached hydrogen (secondary N) is 1. The first kappa shape index (κ1) is 19.1. The van der Waals surface area contributed by atoms with Crippen molar-refractivity contribution < 1.29 is 4.79 Å². The second-order valence-electron chi connectivity index (χ2n) is 6.65. The molecule has 0 aliphatic rings. The minimum absolute atomic E-state index is 0.120. The maximum absolute atomic E-state index is 12.3. The van der Waals surface area contributed by atoms with Crippen LogP contribution in [-0.2, 0) is 6.42 Å². The summed E-state index contributed by atoms with van der Waals surface area (Å²) >= 11 is 1.63. The van der Waals surface area contributed by atoms with Gasteiger partial charge in [0.25, 0.3) is 11.7 Å². The molecule has 0 aliphatic heterocycles. The molecule has 4 rings (SSSR count). The Labute approximate surface area is 173 Å². The maximum atomic E-state index is 12.3. The summed E-state index contributed by atoms with van der Waals surface area (Å²) in [7, 11) is 0. The lowest BCUT2D eigenvalue weighted by atomic mass is 10.1. The fourth-order valence-electron chi connectivity index (χ4n) is 3.11. The number of aryl methyl sites for hydroxylation is 1. The third-order valence-corrected chi connectivity index (χ3v) is 5.67. The van der Waals surface area contributed by atoms with Crippen molar-refractivity contribution in [2.75, 3.05) is 5.32 Å². The van der Waals surface area contributed by atoms with Crippen molar-refractivity contribution in [3.05, 3.63) is 77.7 Å². The van der Waals surface area contributed by atoms with Gasteiger partial charge in [-0.25, -0.2) is 4.98 Å². The number of aromatic nitrogens is 4. The first-order valence-corrected chi connectivity index (χ1v) is 10.3. The normalized spacial score (nSPS) is 11.0. The van der Waals surface area contributed by atoms with Crippen molar-refractivity contribution >= 4 is 29.1 Å². The van der Waals surface area contributed by atoms with E-state index < -0.39 is 0 Å². The first-order chi connectivity index (χ1) is 14.2. The number of carbonyl (C=O) groups is 1. The average molecular weight is 404 g/mol. The van der Waals surface area contributed by atoms with E-state index in [9.17, 15) is 4.79 Å². The fourth-order valence-corrected chi connectivity index (χ4v) is 4.19. The largest absolute Gasteiger partial charge is 0.322 e. The second kappa shape index (κ2) is 8.45. The lowest BCUT2D eigenvalue weighted by Gasteiger charge is -2.13. The molecular formula is C22H21N5OS. The Balaban J connectivity index is 1.57. The minimum atomic E-state index is -0.120. The van der Waals surface area contributed by atoms with E-state index in [1.54, 1.807) is 28.4 Å². The van der Waals surface area contributed by atoms with E-state index in [2.05, 4.69) is 27.3 Å². The number of hydrogen-bond acceptors (Lipinski definition) is 5. The highest BCUT2D eigenvalue weighted by Crippen LogP contribution is 2.33. The number of amides is 1. The molecule has 0 spiro atoms. The van der Waals surface area contributed by atoms with Crippen molar-refractivity contribution in [2.24, 2.45) is 0 Å². The molecule has 6 nitrogen and oxygen atoms in total. The Morgan fingerprint density at radius 3 is 2.59 bits per heavy atom. The Morgan fingerprint density at radius 2 is 1.86 bits per heavy atom. The maximum Gasteiger partial charge on any atom is 0.255 e. The molecule has 0 atom stereocenters. The molecule has 0 aliphatic carbocycles. The molecule has 0 unspecified atom stereocenters. The summed E-state index contributed by atoms with van der Waals surface area (Å²) in [5.74, 6) is 0.488. The van der Waals surface area contributed by atoms with Crippen molar-refractivity contribution in [3.63, 3.8) is 0 Å². The summed E-state index contributed by atoms with van der Waals surface area (Å²) in [6.45, 7) is 4.18. The van der Waals surface area contributed by atoms with Crippen LogP contribution in [0.2, 0.25) is 0 Å². The zero-order valence-electron chi connectivity index (χ0n) is 16.3. The molecule has 0 bridgehead atoms. The van der Waals surface area contributed by atoms with Crippen LogP contribution < -0.4 is 5.32 Å². The highest BCUT2D eigenvalue weighted by atomic mass is 32.2. The molecule has 1 amide bonds. The topological polar surface area (TPSA) is 72.2 Å². The van der Waals surface area contributed by atoms with Crippen molar-refractivity contribution in [1.29, 1.82) is 0 Å². The van der Waals surface area contributed by atoms with Crippen LogP contribution in [0, 0.1) is 6.92 Å². The van der Waals surface area contributed by atoms with Gasteiger partial charge in [0.1, 0.15) is 11.4 Å². The molecule has 2 aromatic heterocycles. The standard InChI is InChI=1S/C22H21N5OS/c1-3-7-19-15(2)25-22-23-14-24-27(22)21(19)29-18-12-10-17(11-13-18)26-20(28)16-8-5-4-6-9-16/h4-6,8-14H,3,7H2,1-2H3,(H,26,28). The third kappa shape index (κ3) is 4.14. The Hall–Kier alpha value is -3.19. The lowest BCUT2D eigenvalue weighted by Crippen LogP contribution is -2.11. The molecule has 0 saturated carbocycles. The SMILES string of the molecule is CCCc1c(C)nc2ncnn2c1Sc1ccc(NC(=O)c2ccccc2)cc1. The van der Waals surface area contributed by atoms with E-state index >= 15 is 0 Å². The molecule has 4 aromatic rings. The van der Waals surface area contributed by atoms with Gasteiger partial charge in [0.2, 0.25) is 0 Å². The average Bonchev–Trinajstić information content (AvgIpc) is 3.20. The van der Waals surface area contributed by atoms with Gasteiger partial charge in [-0.2, -0.15) is 14.6 Å². The summed E-state index contributed by atoms with van der Waals surface area (Å²) in [5, 5.41) is 8.32. The fraction of sp³-hybridized carbons (Fsp3) is 0.182. The van der Waals surface area contributed by atoms with E-state index in [1.165, 1.54) is 11.9 Å². The van der Waals surface area contributed by atoms with Crippen molar-refractivity contribution in [2.45, 2.75) is 36.6 Å². The van der Waals surface area contributed by atoms with Gasteiger partial charge in [0.15, 0.2) is 0 Å². The molecular weight excluding hydrogens is 382 g/mol. The molecule has 146 valence electrons. The van der Waals surface area contributed by atoms with E-state index in [0.29, 0.717) is 11.3 Å². The van der Waals surface area contributed by atoms with Crippen LogP contribution in [0.1, 0.15) is 35.0 Å². The Morgan fingerprint density at radius 1 is 1.10 bits per heavy atom. The molecule has 1 N–H and O–H groups in total. The van der Waals surface area contributed by atoms with E-state index in [4.69, 9.17) is 0 Å². The molecule has 0 fully saturated rings. The summed E-state index contributed by atoms with van der Waals surface area (Å²) < 4.78 is 1.80. The van der Waals surface area contributed by atoms with Gasteiger partial charge in [-0.15, -0.1) is 0 Å². The summed E-state index contributed by atoms with van der Waals surface area (Å²) in [5.41, 5.74) is 3.57. The summed E-state index contributed by atoms with van der Waals surface area (Å²) in [6, 6.07) is 17.0. The van der Waals surface area contributed by atoms with Crippen LogP contribution in [0.3, 0.4) is 0 Å². The molecule has 0 radical (unpaired) electrons.